The third-order valence-corrected chi connectivity index (χ3v) is 2.75. The van der Waals surface area contributed by atoms with Crippen LogP contribution in [0.5, 0.6) is 0 Å². The maximum Gasteiger partial charge on any atom is 0.215 e. The molecule has 0 radical (unpaired) electrons. The van der Waals surface area contributed by atoms with Gasteiger partial charge in [-0.25, -0.2) is 0 Å². The summed E-state index contributed by atoms with van der Waals surface area (Å²) in [6.45, 7) is 3.84. The van der Waals surface area contributed by atoms with Gasteiger partial charge < -0.3 is 5.32 Å². The monoisotopic (exact) mass is 266 g/mol. The Morgan fingerprint density at radius 1 is 1.35 bits per heavy atom. The summed E-state index contributed by atoms with van der Waals surface area (Å²) in [4.78, 5) is 4.18. The number of aryl methyl sites for hydroxylation is 2. The largest absolute Gasteiger partial charge is 0.338 e. The molecule has 2 aromatic rings. The van der Waals surface area contributed by atoms with E-state index in [9.17, 15) is 0 Å². The van der Waals surface area contributed by atoms with Crippen molar-refractivity contribution in [1.29, 1.82) is 0 Å². The second-order valence-electron chi connectivity index (χ2n) is 3.66. The van der Waals surface area contributed by atoms with Gasteiger partial charge in [0, 0.05) is 10.7 Å². The molecular weight excluding hydrogens is 256 g/mol. The molecule has 4 nitrogen and oxygen atoms in total. The summed E-state index contributed by atoms with van der Waals surface area (Å²) in [6.07, 6.45) is 0. The predicted molar refractivity (Wildman–Crippen MR) is 71.4 cm³/mol. The first-order valence-electron chi connectivity index (χ1n) is 5.03. The minimum Gasteiger partial charge on any atom is -0.338 e. The minimum absolute atomic E-state index is 0.345. The highest BCUT2D eigenvalue weighted by atomic mass is 35.5. The molecule has 0 aliphatic rings. The van der Waals surface area contributed by atoms with Gasteiger partial charge in [0.1, 0.15) is 5.69 Å². The smallest absolute Gasteiger partial charge is 0.215 e. The van der Waals surface area contributed by atoms with E-state index in [0.29, 0.717) is 15.6 Å². The fourth-order valence-corrected chi connectivity index (χ4v) is 1.68. The van der Waals surface area contributed by atoms with Crippen molar-refractivity contribution in [2.75, 3.05) is 5.32 Å². The van der Waals surface area contributed by atoms with Crippen LogP contribution in [0, 0.1) is 18.6 Å². The van der Waals surface area contributed by atoms with Gasteiger partial charge in [-0.15, -0.1) is 0 Å². The van der Waals surface area contributed by atoms with Gasteiger partial charge in [-0.2, -0.15) is 10.1 Å². The summed E-state index contributed by atoms with van der Waals surface area (Å²) in [5.41, 5.74) is 2.72. The molecule has 0 fully saturated rings. The summed E-state index contributed by atoms with van der Waals surface area (Å²) in [5, 5.41) is 10.5. The van der Waals surface area contributed by atoms with Crippen LogP contribution in [-0.4, -0.2) is 15.2 Å². The van der Waals surface area contributed by atoms with Crippen molar-refractivity contribution in [3.8, 4) is 0 Å². The first-order valence-corrected chi connectivity index (χ1v) is 5.81. The highest BCUT2D eigenvalue weighted by Gasteiger charge is 2.04. The summed E-state index contributed by atoms with van der Waals surface area (Å²) in [5.74, 6) is 0.638. The second kappa shape index (κ2) is 4.81. The van der Waals surface area contributed by atoms with Crippen LogP contribution < -0.4 is 5.32 Å². The summed E-state index contributed by atoms with van der Waals surface area (Å²) in [6, 6.07) is 5.63. The maximum atomic E-state index is 5.95. The average molecular weight is 267 g/mol. The Labute approximate surface area is 109 Å². The molecule has 0 saturated heterocycles. The topological polar surface area (TPSA) is 53.6 Å². The quantitative estimate of drug-likeness (QED) is 0.817. The zero-order valence-corrected chi connectivity index (χ0v) is 11.0. The van der Waals surface area contributed by atoms with Crippen LogP contribution >= 0.6 is 23.8 Å². The van der Waals surface area contributed by atoms with Crippen LogP contribution in [0.2, 0.25) is 5.02 Å². The van der Waals surface area contributed by atoms with Crippen molar-refractivity contribution in [1.82, 2.24) is 15.2 Å². The zero-order chi connectivity index (χ0) is 12.4. The number of aromatic amines is 1. The molecular formula is C11H11ClN4S. The highest BCUT2D eigenvalue weighted by molar-refractivity contribution is 7.71. The molecule has 6 heteroatoms. The average Bonchev–Trinajstić information content (AvgIpc) is 2.28. The number of H-pyrrole nitrogens is 1. The maximum absolute atomic E-state index is 5.95. The van der Waals surface area contributed by atoms with Crippen LogP contribution in [-0.2, 0) is 0 Å². The van der Waals surface area contributed by atoms with Crippen molar-refractivity contribution < 1.29 is 0 Å². The van der Waals surface area contributed by atoms with Crippen LogP contribution in [0.25, 0.3) is 0 Å². The Hall–Kier alpha value is -1.46. The lowest BCUT2D eigenvalue weighted by Gasteiger charge is -2.10. The molecule has 0 spiro atoms. The Balaban J connectivity index is 2.40. The number of aromatic nitrogens is 3. The van der Waals surface area contributed by atoms with Gasteiger partial charge in [0.2, 0.25) is 4.77 Å². The van der Waals surface area contributed by atoms with Crippen LogP contribution in [0.15, 0.2) is 18.2 Å². The van der Waals surface area contributed by atoms with Gasteiger partial charge in [-0.05, 0) is 43.8 Å². The zero-order valence-electron chi connectivity index (χ0n) is 9.41. The third kappa shape index (κ3) is 2.81. The second-order valence-corrected chi connectivity index (χ2v) is 4.48. The van der Waals surface area contributed by atoms with E-state index in [1.165, 1.54) is 0 Å². The van der Waals surface area contributed by atoms with E-state index in [4.69, 9.17) is 23.8 Å². The Morgan fingerprint density at radius 2 is 2.12 bits per heavy atom. The van der Waals surface area contributed by atoms with Crippen LogP contribution in [0.3, 0.4) is 0 Å². The number of rotatable bonds is 2. The Bertz CT molecular complexity index is 609. The number of nitrogens with zero attached hydrogens (tertiary/aromatic N) is 2. The van der Waals surface area contributed by atoms with E-state index in [1.807, 2.05) is 32.0 Å². The molecule has 1 aromatic heterocycles. The van der Waals surface area contributed by atoms with E-state index < -0.39 is 0 Å². The molecule has 0 saturated carbocycles. The number of hydrogen-bond donors (Lipinski definition) is 2. The normalized spacial score (nSPS) is 10.3. The SMILES string of the molecule is Cc1ccc(Cl)cc1Nc1nc(=S)[nH]nc1C. The molecule has 2 N–H and O–H groups in total. The lowest BCUT2D eigenvalue weighted by Crippen LogP contribution is -2.02. The fourth-order valence-electron chi connectivity index (χ4n) is 1.37. The summed E-state index contributed by atoms with van der Waals surface area (Å²) < 4.78 is 0.345. The van der Waals surface area contributed by atoms with Crippen molar-refractivity contribution in [3.05, 3.63) is 39.3 Å². The standard InChI is InChI=1S/C11H11ClN4S/c1-6-3-4-8(12)5-9(6)13-10-7(2)15-16-11(17)14-10/h3-5H,1-2H3,(H2,13,14,16,17). The molecule has 2 rings (SSSR count). The number of anilines is 2. The Kier molecular flexibility index (Phi) is 3.40. The minimum atomic E-state index is 0.345. The van der Waals surface area contributed by atoms with Crippen molar-refractivity contribution in [2.45, 2.75) is 13.8 Å². The molecule has 0 unspecified atom stereocenters. The molecule has 0 bridgehead atoms. The highest BCUT2D eigenvalue weighted by Crippen LogP contribution is 2.23. The van der Waals surface area contributed by atoms with Gasteiger partial charge in [0.05, 0.1) is 0 Å². The van der Waals surface area contributed by atoms with Gasteiger partial charge >= 0.3 is 0 Å². The number of halogens is 1. The molecule has 1 aromatic carbocycles. The fraction of sp³-hybridized carbons (Fsp3) is 0.182. The van der Waals surface area contributed by atoms with Gasteiger partial charge in [-0.1, -0.05) is 17.7 Å². The lowest BCUT2D eigenvalue weighted by molar-refractivity contribution is 0.913. The van der Waals surface area contributed by atoms with E-state index in [0.717, 1.165) is 16.9 Å². The van der Waals surface area contributed by atoms with Crippen LogP contribution in [0.4, 0.5) is 11.5 Å². The van der Waals surface area contributed by atoms with Gasteiger partial charge in [0.25, 0.3) is 0 Å². The Morgan fingerprint density at radius 3 is 2.88 bits per heavy atom. The molecule has 0 aliphatic heterocycles. The molecule has 1 heterocycles. The van der Waals surface area contributed by atoms with E-state index in [1.54, 1.807) is 0 Å². The number of hydrogen-bond acceptors (Lipinski definition) is 4. The molecule has 0 atom stereocenters. The van der Waals surface area contributed by atoms with E-state index in [-0.39, 0.29) is 0 Å². The lowest BCUT2D eigenvalue weighted by atomic mass is 10.2. The summed E-state index contributed by atoms with van der Waals surface area (Å²) >= 11 is 10.9. The van der Waals surface area contributed by atoms with E-state index >= 15 is 0 Å². The first kappa shape index (κ1) is 12.0. The van der Waals surface area contributed by atoms with Crippen molar-refractivity contribution in [3.63, 3.8) is 0 Å². The summed E-state index contributed by atoms with van der Waals surface area (Å²) in [7, 11) is 0. The predicted octanol–water partition coefficient (Wildman–Crippen LogP) is 3.55. The van der Waals surface area contributed by atoms with Gasteiger partial charge in [-0.3, -0.25) is 5.10 Å². The molecule has 0 amide bonds. The van der Waals surface area contributed by atoms with Crippen LogP contribution in [0.1, 0.15) is 11.3 Å². The third-order valence-electron chi connectivity index (χ3n) is 2.33. The first-order chi connectivity index (χ1) is 8.06. The number of benzene rings is 1. The molecule has 88 valence electrons. The van der Waals surface area contributed by atoms with Crippen molar-refractivity contribution >= 4 is 35.3 Å². The van der Waals surface area contributed by atoms with Crippen molar-refractivity contribution in [2.24, 2.45) is 0 Å². The van der Waals surface area contributed by atoms with Gasteiger partial charge in [0.15, 0.2) is 5.82 Å². The number of nitrogens with one attached hydrogen (secondary N) is 2. The molecule has 0 aliphatic carbocycles. The molecule has 17 heavy (non-hydrogen) atoms. The van der Waals surface area contributed by atoms with E-state index in [2.05, 4.69) is 20.5 Å².